The molecule has 1 aromatic heterocycles. The molecule has 3 aromatic rings. The second-order valence-corrected chi connectivity index (χ2v) is 6.91. The average Bonchev–Trinajstić information content (AvgIpc) is 2.59. The third-order valence-corrected chi connectivity index (χ3v) is 4.70. The van der Waals surface area contributed by atoms with Gasteiger partial charge in [0.2, 0.25) is 0 Å². The third kappa shape index (κ3) is 4.04. The number of fused-ring (bicyclic) bond motifs is 1. The lowest BCUT2D eigenvalue weighted by atomic mass is 10.2. The number of aromatic nitrogens is 1. The molecule has 0 spiro atoms. The minimum Gasteiger partial charge on any atom is -0.482 e. The van der Waals surface area contributed by atoms with Gasteiger partial charge in [-0.15, -0.1) is 0 Å². The zero-order valence-corrected chi connectivity index (χ0v) is 16.2. The van der Waals surface area contributed by atoms with Gasteiger partial charge in [-0.3, -0.25) is 0 Å². The highest BCUT2D eigenvalue weighted by Gasteiger charge is 2.17. The summed E-state index contributed by atoms with van der Waals surface area (Å²) in [5, 5.41) is 1.92. The van der Waals surface area contributed by atoms with Crippen LogP contribution in [0.1, 0.15) is 11.3 Å². The minimum atomic E-state index is -0.605. The largest absolute Gasteiger partial charge is 0.482 e. The maximum atomic E-state index is 12.2. The number of hydrogen-bond donors (Lipinski definition) is 0. The van der Waals surface area contributed by atoms with Crippen molar-refractivity contribution in [2.75, 3.05) is 6.61 Å². The number of halogens is 3. The standard InChI is InChI=1S/C19H14Cl3NO3/c1-10-7-12(4-6-14(10)20)25-9-17(24)26-19-16(22)8-15(21)13-5-3-11(2)23-18(13)19/h3-8H,9H2,1-2H3. The van der Waals surface area contributed by atoms with Crippen LogP contribution in [0.25, 0.3) is 10.9 Å². The zero-order chi connectivity index (χ0) is 18.8. The number of nitrogens with zero attached hydrogens (tertiary/aromatic N) is 1. The number of benzene rings is 2. The number of carbonyl (C=O) groups excluding carboxylic acids is 1. The average molecular weight is 411 g/mol. The normalized spacial score (nSPS) is 10.8. The molecule has 0 N–H and O–H groups in total. The SMILES string of the molecule is Cc1ccc2c(Cl)cc(Cl)c(OC(=O)COc3ccc(Cl)c(C)c3)c2n1. The van der Waals surface area contributed by atoms with Crippen LogP contribution in [0.5, 0.6) is 11.5 Å². The van der Waals surface area contributed by atoms with Gasteiger partial charge < -0.3 is 9.47 Å². The van der Waals surface area contributed by atoms with Gasteiger partial charge in [0.1, 0.15) is 11.3 Å². The molecule has 134 valence electrons. The third-order valence-electron chi connectivity index (χ3n) is 3.68. The van der Waals surface area contributed by atoms with Gasteiger partial charge in [0.25, 0.3) is 0 Å². The number of hydrogen-bond acceptors (Lipinski definition) is 4. The van der Waals surface area contributed by atoms with Gasteiger partial charge in [-0.1, -0.05) is 34.8 Å². The molecule has 2 aromatic carbocycles. The van der Waals surface area contributed by atoms with Gasteiger partial charge in [0, 0.05) is 16.1 Å². The van der Waals surface area contributed by atoms with E-state index < -0.39 is 5.97 Å². The van der Waals surface area contributed by atoms with Crippen molar-refractivity contribution in [2.45, 2.75) is 13.8 Å². The van der Waals surface area contributed by atoms with Crippen molar-refractivity contribution in [1.29, 1.82) is 0 Å². The van der Waals surface area contributed by atoms with Crippen LogP contribution in [0.3, 0.4) is 0 Å². The molecule has 0 unspecified atom stereocenters. The van der Waals surface area contributed by atoms with E-state index in [1.807, 2.05) is 19.9 Å². The lowest BCUT2D eigenvalue weighted by Gasteiger charge is -2.12. The van der Waals surface area contributed by atoms with Crippen LogP contribution in [-0.4, -0.2) is 17.6 Å². The maximum absolute atomic E-state index is 12.2. The van der Waals surface area contributed by atoms with Crippen molar-refractivity contribution in [3.05, 3.63) is 62.7 Å². The van der Waals surface area contributed by atoms with Gasteiger partial charge in [-0.05, 0) is 55.8 Å². The smallest absolute Gasteiger partial charge is 0.349 e. The first kappa shape index (κ1) is 18.8. The van der Waals surface area contributed by atoms with Crippen LogP contribution >= 0.6 is 34.8 Å². The summed E-state index contributed by atoms with van der Waals surface area (Å²) in [6, 6.07) is 10.3. The maximum Gasteiger partial charge on any atom is 0.349 e. The number of pyridine rings is 1. The van der Waals surface area contributed by atoms with Crippen LogP contribution in [-0.2, 0) is 4.79 Å². The summed E-state index contributed by atoms with van der Waals surface area (Å²) in [6.07, 6.45) is 0. The molecule has 0 aliphatic heterocycles. The van der Waals surface area contributed by atoms with Gasteiger partial charge in [-0.2, -0.15) is 0 Å². The zero-order valence-electron chi connectivity index (χ0n) is 14.0. The molecule has 4 nitrogen and oxygen atoms in total. The Hall–Kier alpha value is -2.01. The summed E-state index contributed by atoms with van der Waals surface area (Å²) in [5.41, 5.74) is 2.03. The molecule has 0 bridgehead atoms. The summed E-state index contributed by atoms with van der Waals surface area (Å²) in [4.78, 5) is 16.6. The number of rotatable bonds is 4. The summed E-state index contributed by atoms with van der Waals surface area (Å²) >= 11 is 18.4. The Balaban J connectivity index is 1.81. The summed E-state index contributed by atoms with van der Waals surface area (Å²) in [5.74, 6) is 0.0759. The number of ether oxygens (including phenoxy) is 2. The fraction of sp³-hybridized carbons (Fsp3) is 0.158. The Kier molecular flexibility index (Phi) is 5.56. The Morgan fingerprint density at radius 1 is 1.00 bits per heavy atom. The van der Waals surface area contributed by atoms with Crippen LogP contribution in [0.2, 0.25) is 15.1 Å². The molecule has 0 radical (unpaired) electrons. The quantitative estimate of drug-likeness (QED) is 0.403. The lowest BCUT2D eigenvalue weighted by molar-refractivity contribution is -0.136. The van der Waals surface area contributed by atoms with E-state index in [1.165, 1.54) is 6.07 Å². The highest BCUT2D eigenvalue weighted by Crippen LogP contribution is 2.37. The molecule has 0 amide bonds. The molecule has 0 aliphatic carbocycles. The molecule has 0 saturated carbocycles. The van der Waals surface area contributed by atoms with Crippen molar-refractivity contribution in [3.8, 4) is 11.5 Å². The summed E-state index contributed by atoms with van der Waals surface area (Å²) < 4.78 is 10.9. The van der Waals surface area contributed by atoms with E-state index in [1.54, 1.807) is 24.3 Å². The van der Waals surface area contributed by atoms with E-state index in [4.69, 9.17) is 44.3 Å². The van der Waals surface area contributed by atoms with Crippen molar-refractivity contribution >= 4 is 51.7 Å². The molecular weight excluding hydrogens is 397 g/mol. The Morgan fingerprint density at radius 3 is 2.50 bits per heavy atom. The van der Waals surface area contributed by atoms with Crippen LogP contribution < -0.4 is 9.47 Å². The van der Waals surface area contributed by atoms with Crippen LogP contribution in [0.15, 0.2) is 36.4 Å². The van der Waals surface area contributed by atoms with Crippen LogP contribution in [0.4, 0.5) is 0 Å². The number of aryl methyl sites for hydroxylation is 2. The van der Waals surface area contributed by atoms with E-state index in [2.05, 4.69) is 4.98 Å². The highest BCUT2D eigenvalue weighted by atomic mass is 35.5. The molecule has 7 heteroatoms. The highest BCUT2D eigenvalue weighted by molar-refractivity contribution is 6.39. The van der Waals surface area contributed by atoms with E-state index in [0.717, 1.165) is 11.3 Å². The predicted octanol–water partition coefficient (Wildman–Crippen LogP) is 5.80. The Morgan fingerprint density at radius 2 is 1.77 bits per heavy atom. The molecule has 0 aliphatic rings. The van der Waals surface area contributed by atoms with Crippen molar-refractivity contribution in [1.82, 2.24) is 4.98 Å². The van der Waals surface area contributed by atoms with E-state index in [0.29, 0.717) is 26.7 Å². The second-order valence-electron chi connectivity index (χ2n) is 5.69. The predicted molar refractivity (Wildman–Crippen MR) is 104 cm³/mol. The fourth-order valence-corrected chi connectivity index (χ4v) is 3.05. The number of esters is 1. The summed E-state index contributed by atoms with van der Waals surface area (Å²) in [7, 11) is 0. The second kappa shape index (κ2) is 7.70. The van der Waals surface area contributed by atoms with Crippen LogP contribution in [0, 0.1) is 13.8 Å². The Labute approximate surface area is 165 Å². The first-order chi connectivity index (χ1) is 12.3. The molecule has 3 rings (SSSR count). The molecule has 0 fully saturated rings. The van der Waals surface area contributed by atoms with E-state index in [9.17, 15) is 4.79 Å². The molecule has 26 heavy (non-hydrogen) atoms. The lowest BCUT2D eigenvalue weighted by Crippen LogP contribution is -2.18. The molecular formula is C19H14Cl3NO3. The fourth-order valence-electron chi connectivity index (χ4n) is 2.38. The monoisotopic (exact) mass is 409 g/mol. The molecule has 0 saturated heterocycles. The summed E-state index contributed by atoms with van der Waals surface area (Å²) in [6.45, 7) is 3.39. The van der Waals surface area contributed by atoms with Gasteiger partial charge in [-0.25, -0.2) is 9.78 Å². The topological polar surface area (TPSA) is 48.4 Å². The van der Waals surface area contributed by atoms with Gasteiger partial charge >= 0.3 is 5.97 Å². The van der Waals surface area contributed by atoms with Crippen molar-refractivity contribution in [3.63, 3.8) is 0 Å². The minimum absolute atomic E-state index is 0.163. The van der Waals surface area contributed by atoms with E-state index >= 15 is 0 Å². The van der Waals surface area contributed by atoms with Gasteiger partial charge in [0.05, 0.1) is 10.0 Å². The van der Waals surface area contributed by atoms with Crippen molar-refractivity contribution in [2.24, 2.45) is 0 Å². The van der Waals surface area contributed by atoms with Gasteiger partial charge in [0.15, 0.2) is 12.4 Å². The number of carbonyl (C=O) groups is 1. The molecule has 1 heterocycles. The molecule has 0 atom stereocenters. The first-order valence-corrected chi connectivity index (χ1v) is 8.83. The van der Waals surface area contributed by atoms with Crippen molar-refractivity contribution < 1.29 is 14.3 Å². The Bertz CT molecular complexity index is 1000. The van der Waals surface area contributed by atoms with E-state index in [-0.39, 0.29) is 17.4 Å². The first-order valence-electron chi connectivity index (χ1n) is 7.70.